The Labute approximate surface area is 220 Å². The fourth-order valence-corrected chi connectivity index (χ4v) is 7.00. The van der Waals surface area contributed by atoms with Crippen molar-refractivity contribution >= 4 is 21.4 Å². The number of aromatic nitrogens is 2. The summed E-state index contributed by atoms with van der Waals surface area (Å²) in [6, 6.07) is 12.4. The number of likely N-dealkylation sites (tertiary alicyclic amines) is 1. The number of fused-ring (bicyclic) bond motifs is 1. The highest BCUT2D eigenvalue weighted by Crippen LogP contribution is 2.36. The molecule has 11 heteroatoms. The molecule has 4 heterocycles. The maximum atomic E-state index is 13.9. The summed E-state index contributed by atoms with van der Waals surface area (Å²) in [5.74, 6) is -0.315. The van der Waals surface area contributed by atoms with Crippen LogP contribution in [-0.4, -0.2) is 59.3 Å². The van der Waals surface area contributed by atoms with Gasteiger partial charge in [0.15, 0.2) is 5.69 Å². The number of amides is 1. The van der Waals surface area contributed by atoms with Gasteiger partial charge in [-0.25, -0.2) is 17.2 Å². The zero-order valence-corrected chi connectivity index (χ0v) is 22.0. The lowest BCUT2D eigenvalue weighted by Gasteiger charge is -2.31. The van der Waals surface area contributed by atoms with Crippen molar-refractivity contribution in [2.75, 3.05) is 26.2 Å². The van der Waals surface area contributed by atoms with Crippen LogP contribution in [0, 0.1) is 5.92 Å². The minimum atomic E-state index is -4.77. The van der Waals surface area contributed by atoms with Crippen LogP contribution in [-0.2, 0) is 22.0 Å². The maximum Gasteiger partial charge on any atom is 0.436 e. The largest absolute Gasteiger partial charge is 0.436 e. The first-order chi connectivity index (χ1) is 18.0. The Morgan fingerprint density at radius 3 is 2.29 bits per heavy atom. The van der Waals surface area contributed by atoms with Crippen LogP contribution >= 0.6 is 0 Å². The van der Waals surface area contributed by atoms with E-state index in [0.717, 1.165) is 28.5 Å². The molecule has 0 atom stereocenters. The second-order valence-corrected chi connectivity index (χ2v) is 12.4. The lowest BCUT2D eigenvalue weighted by Crippen LogP contribution is -2.38. The SMILES string of the molecule is CC1CCN(C(=O)c2c(C(F)(F)F)nn3ccc(C4CCN(S(=O)(=O)Cc5ccccc5)CC4)cc23)CC1. The second-order valence-electron chi connectivity index (χ2n) is 10.4. The summed E-state index contributed by atoms with van der Waals surface area (Å²) in [6.45, 7) is 3.57. The van der Waals surface area contributed by atoms with Crippen LogP contribution in [0.3, 0.4) is 0 Å². The molecular weight excluding hydrogens is 517 g/mol. The first-order valence-electron chi connectivity index (χ1n) is 12.9. The molecule has 0 spiro atoms. The van der Waals surface area contributed by atoms with Crippen LogP contribution in [0.25, 0.3) is 5.52 Å². The van der Waals surface area contributed by atoms with Gasteiger partial charge in [0.05, 0.1) is 16.8 Å². The number of pyridine rings is 1. The van der Waals surface area contributed by atoms with Crippen molar-refractivity contribution in [2.24, 2.45) is 5.92 Å². The van der Waals surface area contributed by atoms with E-state index in [0.29, 0.717) is 44.9 Å². The number of rotatable bonds is 5. The molecule has 2 aliphatic heterocycles. The Kier molecular flexibility index (Phi) is 7.25. The fourth-order valence-electron chi connectivity index (χ4n) is 5.44. The molecular formula is C27H31F3N4O3S. The van der Waals surface area contributed by atoms with Gasteiger partial charge < -0.3 is 4.90 Å². The van der Waals surface area contributed by atoms with Gasteiger partial charge in [-0.1, -0.05) is 37.3 Å². The first-order valence-corrected chi connectivity index (χ1v) is 14.5. The van der Waals surface area contributed by atoms with Crippen molar-refractivity contribution in [1.29, 1.82) is 0 Å². The zero-order chi connectivity index (χ0) is 27.1. The first kappa shape index (κ1) is 26.7. The van der Waals surface area contributed by atoms with Crippen molar-refractivity contribution in [3.05, 3.63) is 71.0 Å². The smallest absolute Gasteiger partial charge is 0.338 e. The molecule has 1 amide bonds. The van der Waals surface area contributed by atoms with Crippen molar-refractivity contribution in [3.63, 3.8) is 0 Å². The highest BCUT2D eigenvalue weighted by molar-refractivity contribution is 7.88. The Balaban J connectivity index is 1.38. The van der Waals surface area contributed by atoms with Gasteiger partial charge in [-0.3, -0.25) is 4.79 Å². The molecule has 204 valence electrons. The maximum absolute atomic E-state index is 13.9. The Bertz CT molecular complexity index is 1410. The van der Waals surface area contributed by atoms with Crippen molar-refractivity contribution in [3.8, 4) is 0 Å². The molecule has 2 aromatic heterocycles. The minimum absolute atomic E-state index is 0.0359. The van der Waals surface area contributed by atoms with Gasteiger partial charge in [-0.05, 0) is 60.8 Å². The average molecular weight is 549 g/mol. The van der Waals surface area contributed by atoms with E-state index in [9.17, 15) is 26.4 Å². The normalized spacial score (nSPS) is 18.8. The third kappa shape index (κ3) is 5.44. The summed E-state index contributed by atoms with van der Waals surface area (Å²) < 4.78 is 70.3. The molecule has 0 aliphatic carbocycles. The van der Waals surface area contributed by atoms with Crippen LogP contribution in [0.1, 0.15) is 65.7 Å². The van der Waals surface area contributed by atoms with Gasteiger partial charge in [-0.15, -0.1) is 0 Å². The predicted molar refractivity (Wildman–Crippen MR) is 137 cm³/mol. The number of alkyl halides is 3. The van der Waals surface area contributed by atoms with Crippen LogP contribution < -0.4 is 0 Å². The van der Waals surface area contributed by atoms with E-state index in [-0.39, 0.29) is 17.2 Å². The second kappa shape index (κ2) is 10.3. The Morgan fingerprint density at radius 2 is 1.66 bits per heavy atom. The van der Waals surface area contributed by atoms with Gasteiger partial charge in [0, 0.05) is 32.4 Å². The van der Waals surface area contributed by atoms with Gasteiger partial charge in [-0.2, -0.15) is 18.3 Å². The molecule has 0 bridgehead atoms. The molecule has 2 aliphatic rings. The minimum Gasteiger partial charge on any atom is -0.338 e. The fraction of sp³-hybridized carbons (Fsp3) is 0.481. The zero-order valence-electron chi connectivity index (χ0n) is 21.2. The summed E-state index contributed by atoms with van der Waals surface area (Å²) in [4.78, 5) is 14.8. The van der Waals surface area contributed by atoms with E-state index in [4.69, 9.17) is 0 Å². The Hall–Kier alpha value is -2.92. The summed E-state index contributed by atoms with van der Waals surface area (Å²) in [7, 11) is -3.48. The Morgan fingerprint density at radius 1 is 1.00 bits per heavy atom. The molecule has 0 N–H and O–H groups in total. The molecule has 5 rings (SSSR count). The van der Waals surface area contributed by atoms with Crippen LogP contribution in [0.15, 0.2) is 48.7 Å². The number of halogens is 3. The van der Waals surface area contributed by atoms with Crippen molar-refractivity contribution < 1.29 is 26.4 Å². The van der Waals surface area contributed by atoms with Crippen LogP contribution in [0.4, 0.5) is 13.2 Å². The lowest BCUT2D eigenvalue weighted by molar-refractivity contribution is -0.141. The number of sulfonamides is 1. The van der Waals surface area contributed by atoms with Crippen molar-refractivity contribution in [1.82, 2.24) is 18.8 Å². The monoisotopic (exact) mass is 548 g/mol. The number of hydrogen-bond donors (Lipinski definition) is 0. The van der Waals surface area contributed by atoms with Gasteiger partial charge >= 0.3 is 6.18 Å². The number of nitrogens with zero attached hydrogens (tertiary/aromatic N) is 4. The molecule has 2 fully saturated rings. The van der Waals surface area contributed by atoms with Gasteiger partial charge in [0.1, 0.15) is 0 Å². The number of carbonyl (C=O) groups is 1. The van der Waals surface area contributed by atoms with Crippen LogP contribution in [0.5, 0.6) is 0 Å². The lowest BCUT2D eigenvalue weighted by atomic mass is 9.90. The summed E-state index contributed by atoms with van der Waals surface area (Å²) in [5, 5.41) is 3.74. The van der Waals surface area contributed by atoms with E-state index in [2.05, 4.69) is 12.0 Å². The number of benzene rings is 1. The number of piperidine rings is 2. The topological polar surface area (TPSA) is 75.0 Å². The van der Waals surface area contributed by atoms with Crippen LogP contribution in [0.2, 0.25) is 0 Å². The molecule has 1 aromatic carbocycles. The summed E-state index contributed by atoms with van der Waals surface area (Å²) in [6.07, 6.45) is -0.714. The molecule has 0 saturated carbocycles. The molecule has 2 saturated heterocycles. The average Bonchev–Trinajstić information content (AvgIpc) is 3.29. The molecule has 0 radical (unpaired) electrons. The highest BCUT2D eigenvalue weighted by Gasteiger charge is 2.42. The molecule has 7 nitrogen and oxygen atoms in total. The van der Waals surface area contributed by atoms with E-state index in [1.165, 1.54) is 15.4 Å². The van der Waals surface area contributed by atoms with E-state index < -0.39 is 33.4 Å². The molecule has 38 heavy (non-hydrogen) atoms. The summed E-state index contributed by atoms with van der Waals surface area (Å²) in [5.41, 5.74) is 0.0728. The molecule has 0 unspecified atom stereocenters. The van der Waals surface area contributed by atoms with E-state index >= 15 is 0 Å². The highest BCUT2D eigenvalue weighted by atomic mass is 32.2. The third-order valence-corrected chi connectivity index (χ3v) is 9.57. The number of carbonyl (C=O) groups excluding carboxylic acids is 1. The van der Waals surface area contributed by atoms with Gasteiger partial charge in [0.2, 0.25) is 10.0 Å². The standard InChI is InChI=1S/C27H31F3N4O3S/c1-19-7-12-32(13-8-19)26(35)24-23-17-22(11-16-34(23)31-25(24)27(28,29)30)21-9-14-33(15-10-21)38(36,37)18-20-5-3-2-4-6-20/h2-6,11,16-17,19,21H,7-10,12-15,18H2,1H3. The van der Waals surface area contributed by atoms with E-state index in [1.54, 1.807) is 36.4 Å². The van der Waals surface area contributed by atoms with E-state index in [1.807, 2.05) is 6.07 Å². The summed E-state index contributed by atoms with van der Waals surface area (Å²) >= 11 is 0. The third-order valence-electron chi connectivity index (χ3n) is 7.72. The predicted octanol–water partition coefficient (Wildman–Crippen LogP) is 4.93. The molecule has 3 aromatic rings. The quantitative estimate of drug-likeness (QED) is 0.453. The number of hydrogen-bond acceptors (Lipinski definition) is 4. The van der Waals surface area contributed by atoms with Gasteiger partial charge in [0.25, 0.3) is 5.91 Å². The van der Waals surface area contributed by atoms with Crippen molar-refractivity contribution in [2.45, 2.75) is 50.5 Å².